The van der Waals surface area contributed by atoms with Crippen LogP contribution in [0.1, 0.15) is 58.3 Å². The molecule has 1 aliphatic heterocycles. The largest absolute Gasteiger partial charge is 0.481 e. The minimum atomic E-state index is -0.717. The standard InChI is InChI=1S/C20H30O3/c1-2-3-12-15-18-19(23-18)16-13-10-8-6-4-5-7-9-11-14-17-20(21)22/h3-4,6-7,9-10,12-13,18-19H,2,5,8,11,14-17H2,1H3,(H,21,22)/b6-4+,9-7+,12-3+,13-10+/t18-,19+/m0/s1. The predicted octanol–water partition coefficient (Wildman–Crippen LogP) is 5.20. The van der Waals surface area contributed by atoms with E-state index in [1.54, 1.807) is 0 Å². The summed E-state index contributed by atoms with van der Waals surface area (Å²) in [6, 6.07) is 0. The van der Waals surface area contributed by atoms with Gasteiger partial charge in [0.15, 0.2) is 0 Å². The maximum absolute atomic E-state index is 10.3. The summed E-state index contributed by atoms with van der Waals surface area (Å²) in [6.45, 7) is 2.15. The van der Waals surface area contributed by atoms with Crippen LogP contribution in [0.15, 0.2) is 48.6 Å². The molecule has 1 aliphatic rings. The molecule has 0 spiro atoms. The number of aliphatic carboxylic acids is 1. The molecule has 0 amide bonds. The number of carboxylic acid groups (broad SMARTS) is 1. The van der Waals surface area contributed by atoms with E-state index in [-0.39, 0.29) is 6.42 Å². The maximum Gasteiger partial charge on any atom is 0.303 e. The number of rotatable bonds is 13. The molecule has 1 fully saturated rings. The third kappa shape index (κ3) is 11.6. The Morgan fingerprint density at radius 2 is 1.48 bits per heavy atom. The van der Waals surface area contributed by atoms with E-state index in [1.807, 2.05) is 0 Å². The monoisotopic (exact) mass is 318 g/mol. The van der Waals surface area contributed by atoms with E-state index in [4.69, 9.17) is 9.84 Å². The van der Waals surface area contributed by atoms with Crippen molar-refractivity contribution < 1.29 is 14.6 Å². The summed E-state index contributed by atoms with van der Waals surface area (Å²) in [7, 11) is 0. The first-order valence-corrected chi connectivity index (χ1v) is 8.71. The van der Waals surface area contributed by atoms with Crippen LogP contribution in [0.25, 0.3) is 0 Å². The normalized spacial score (nSPS) is 21.3. The average molecular weight is 318 g/mol. The molecule has 1 heterocycles. The van der Waals surface area contributed by atoms with Gasteiger partial charge in [0.05, 0.1) is 12.2 Å². The number of carbonyl (C=O) groups is 1. The Morgan fingerprint density at radius 1 is 0.913 bits per heavy atom. The highest BCUT2D eigenvalue weighted by molar-refractivity contribution is 5.66. The maximum atomic E-state index is 10.3. The molecule has 3 nitrogen and oxygen atoms in total. The zero-order valence-electron chi connectivity index (χ0n) is 14.2. The average Bonchev–Trinajstić information content (AvgIpc) is 3.27. The fourth-order valence-corrected chi connectivity index (χ4v) is 2.25. The van der Waals surface area contributed by atoms with Crippen molar-refractivity contribution in [3.05, 3.63) is 48.6 Å². The number of ether oxygens (including phenoxy) is 1. The molecule has 3 heteroatoms. The lowest BCUT2D eigenvalue weighted by Gasteiger charge is -1.90. The number of hydrogen-bond donors (Lipinski definition) is 1. The minimum Gasteiger partial charge on any atom is -0.481 e. The van der Waals surface area contributed by atoms with Gasteiger partial charge in [-0.15, -0.1) is 0 Å². The molecule has 0 bridgehead atoms. The molecule has 0 aliphatic carbocycles. The molecule has 1 N–H and O–H groups in total. The first-order chi connectivity index (χ1) is 11.2. The van der Waals surface area contributed by atoms with E-state index in [2.05, 4.69) is 55.5 Å². The van der Waals surface area contributed by atoms with Crippen molar-refractivity contribution in [3.63, 3.8) is 0 Å². The van der Waals surface area contributed by atoms with Gasteiger partial charge in [-0.05, 0) is 44.9 Å². The fourth-order valence-electron chi connectivity index (χ4n) is 2.25. The van der Waals surface area contributed by atoms with Gasteiger partial charge in [-0.2, -0.15) is 0 Å². The van der Waals surface area contributed by atoms with Gasteiger partial charge >= 0.3 is 5.97 Å². The smallest absolute Gasteiger partial charge is 0.303 e. The van der Waals surface area contributed by atoms with Crippen molar-refractivity contribution in [3.8, 4) is 0 Å². The molecule has 1 saturated heterocycles. The van der Waals surface area contributed by atoms with Crippen LogP contribution < -0.4 is 0 Å². The van der Waals surface area contributed by atoms with Crippen LogP contribution in [0.4, 0.5) is 0 Å². The molecule has 0 radical (unpaired) electrons. The van der Waals surface area contributed by atoms with Crippen molar-refractivity contribution in [2.24, 2.45) is 0 Å². The first-order valence-electron chi connectivity index (χ1n) is 8.71. The summed E-state index contributed by atoms with van der Waals surface area (Å²) in [5.41, 5.74) is 0. The third-order valence-electron chi connectivity index (χ3n) is 3.63. The lowest BCUT2D eigenvalue weighted by Crippen LogP contribution is -1.92. The van der Waals surface area contributed by atoms with Crippen molar-refractivity contribution in [1.29, 1.82) is 0 Å². The number of unbranched alkanes of at least 4 members (excludes halogenated alkanes) is 1. The third-order valence-corrected chi connectivity index (χ3v) is 3.63. The Balaban J connectivity index is 1.93. The van der Waals surface area contributed by atoms with Gasteiger partial charge in [0.25, 0.3) is 0 Å². The van der Waals surface area contributed by atoms with Crippen LogP contribution in [-0.4, -0.2) is 23.3 Å². The Kier molecular flexibility index (Phi) is 10.9. The highest BCUT2D eigenvalue weighted by Crippen LogP contribution is 2.28. The predicted molar refractivity (Wildman–Crippen MR) is 95.5 cm³/mol. The van der Waals surface area contributed by atoms with Crippen molar-refractivity contribution in [2.75, 3.05) is 0 Å². The molecule has 23 heavy (non-hydrogen) atoms. The van der Waals surface area contributed by atoms with Crippen molar-refractivity contribution >= 4 is 5.97 Å². The van der Waals surface area contributed by atoms with Gasteiger partial charge in [0.1, 0.15) is 0 Å². The van der Waals surface area contributed by atoms with Crippen LogP contribution in [0.3, 0.4) is 0 Å². The van der Waals surface area contributed by atoms with E-state index in [9.17, 15) is 4.79 Å². The van der Waals surface area contributed by atoms with Gasteiger partial charge < -0.3 is 9.84 Å². The number of epoxide rings is 1. The molecule has 0 unspecified atom stereocenters. The topological polar surface area (TPSA) is 49.8 Å². The number of carboxylic acids is 1. The van der Waals surface area contributed by atoms with Crippen molar-refractivity contribution in [2.45, 2.75) is 70.5 Å². The summed E-state index contributed by atoms with van der Waals surface area (Å²) in [6.07, 6.45) is 25.0. The molecule has 0 aromatic carbocycles. The first kappa shape index (κ1) is 19.4. The Labute approximate surface area is 140 Å². The quantitative estimate of drug-likeness (QED) is 0.288. The molecule has 128 valence electrons. The van der Waals surface area contributed by atoms with E-state index >= 15 is 0 Å². The van der Waals surface area contributed by atoms with Crippen LogP contribution in [-0.2, 0) is 9.53 Å². The number of allylic oxidation sites excluding steroid dienone is 6. The van der Waals surface area contributed by atoms with E-state index in [1.165, 1.54) is 0 Å². The van der Waals surface area contributed by atoms with Crippen LogP contribution >= 0.6 is 0 Å². The van der Waals surface area contributed by atoms with Gasteiger partial charge in [0, 0.05) is 6.42 Å². The van der Waals surface area contributed by atoms with Gasteiger partial charge in [-0.3, -0.25) is 4.79 Å². The van der Waals surface area contributed by atoms with E-state index in [0.717, 1.165) is 44.9 Å². The van der Waals surface area contributed by atoms with E-state index in [0.29, 0.717) is 12.2 Å². The summed E-state index contributed by atoms with van der Waals surface area (Å²) in [5, 5.41) is 8.51. The molecule has 2 atom stereocenters. The molecule has 0 aromatic rings. The molecular formula is C20H30O3. The Morgan fingerprint density at radius 3 is 2.09 bits per heavy atom. The van der Waals surface area contributed by atoms with Gasteiger partial charge in [-0.1, -0.05) is 55.5 Å². The second-order valence-electron chi connectivity index (χ2n) is 5.74. The lowest BCUT2D eigenvalue weighted by molar-refractivity contribution is -0.137. The zero-order valence-corrected chi connectivity index (χ0v) is 14.2. The fraction of sp³-hybridized carbons (Fsp3) is 0.550. The van der Waals surface area contributed by atoms with Crippen molar-refractivity contribution in [1.82, 2.24) is 0 Å². The van der Waals surface area contributed by atoms with Crippen LogP contribution in [0, 0.1) is 0 Å². The molecular weight excluding hydrogens is 288 g/mol. The summed E-state index contributed by atoms with van der Waals surface area (Å²) in [4.78, 5) is 10.3. The van der Waals surface area contributed by atoms with Gasteiger partial charge in [0.2, 0.25) is 0 Å². The Hall–Kier alpha value is -1.61. The molecule has 0 aromatic heterocycles. The van der Waals surface area contributed by atoms with Crippen LogP contribution in [0.2, 0.25) is 0 Å². The second kappa shape index (κ2) is 12.9. The zero-order chi connectivity index (χ0) is 16.8. The summed E-state index contributed by atoms with van der Waals surface area (Å²) >= 11 is 0. The second-order valence-corrected chi connectivity index (χ2v) is 5.74. The van der Waals surface area contributed by atoms with Gasteiger partial charge in [-0.25, -0.2) is 0 Å². The SMILES string of the molecule is CC/C=C/C[C@@H]1O[C@@H]1C/C=C/C/C=C/C/C=C/CCCC(=O)O. The summed E-state index contributed by atoms with van der Waals surface area (Å²) < 4.78 is 5.60. The van der Waals surface area contributed by atoms with Crippen LogP contribution in [0.5, 0.6) is 0 Å². The minimum absolute atomic E-state index is 0.255. The molecule has 1 rings (SSSR count). The highest BCUT2D eigenvalue weighted by Gasteiger charge is 2.35. The molecule has 0 saturated carbocycles. The lowest BCUT2D eigenvalue weighted by atomic mass is 10.1. The Bertz CT molecular complexity index is 432. The number of hydrogen-bond acceptors (Lipinski definition) is 2. The summed E-state index contributed by atoms with van der Waals surface area (Å²) in [5.74, 6) is -0.717. The van der Waals surface area contributed by atoms with E-state index < -0.39 is 5.97 Å². The highest BCUT2D eigenvalue weighted by atomic mass is 16.6.